The quantitative estimate of drug-likeness (QED) is 0.792. The third-order valence-corrected chi connectivity index (χ3v) is 5.14. The number of amides is 2. The second-order valence-electron chi connectivity index (χ2n) is 6.15. The van der Waals surface area contributed by atoms with Crippen LogP contribution < -0.4 is 5.32 Å². The van der Waals surface area contributed by atoms with E-state index >= 15 is 0 Å². The van der Waals surface area contributed by atoms with E-state index in [1.807, 2.05) is 0 Å². The van der Waals surface area contributed by atoms with Crippen LogP contribution >= 0.6 is 11.6 Å². The Morgan fingerprint density at radius 1 is 1.33 bits per heavy atom. The van der Waals surface area contributed by atoms with Gasteiger partial charge >= 0.3 is 6.09 Å². The third kappa shape index (κ3) is 2.97. The van der Waals surface area contributed by atoms with E-state index in [4.69, 9.17) is 21.1 Å². The van der Waals surface area contributed by atoms with Gasteiger partial charge in [-0.25, -0.2) is 4.79 Å². The molecule has 3 rings (SSSR count). The minimum absolute atomic E-state index is 0.0346. The summed E-state index contributed by atoms with van der Waals surface area (Å²) in [6.45, 7) is 2.11. The molecule has 1 unspecified atom stereocenters. The van der Waals surface area contributed by atoms with E-state index in [-0.39, 0.29) is 29.9 Å². The highest BCUT2D eigenvalue weighted by Crippen LogP contribution is 2.29. The summed E-state index contributed by atoms with van der Waals surface area (Å²) in [5.41, 5.74) is -0.533. The average Bonchev–Trinajstić information content (AvgIpc) is 2.84. The highest BCUT2D eigenvalue weighted by molar-refractivity contribution is 6.20. The van der Waals surface area contributed by atoms with Crippen molar-refractivity contribution in [1.29, 1.82) is 0 Å². The number of cyclic esters (lactones) is 1. The molecule has 0 aromatic rings. The number of ether oxygens (including phenoxy) is 2. The molecule has 2 aliphatic heterocycles. The lowest BCUT2D eigenvalue weighted by Crippen LogP contribution is -2.61. The SMILES string of the molecule is O=C(NCC12COCCN1C(=O)OC2)C1CCC(Cl)CC1. The van der Waals surface area contributed by atoms with Gasteiger partial charge in [0.05, 0.1) is 13.2 Å². The molecule has 0 radical (unpaired) electrons. The maximum Gasteiger partial charge on any atom is 0.410 e. The van der Waals surface area contributed by atoms with Gasteiger partial charge in [-0.3, -0.25) is 9.69 Å². The zero-order valence-electron chi connectivity index (χ0n) is 12.0. The summed E-state index contributed by atoms with van der Waals surface area (Å²) in [6, 6.07) is 0. The number of hydrogen-bond acceptors (Lipinski definition) is 4. The predicted octanol–water partition coefficient (Wildman–Crippen LogP) is 1.12. The minimum atomic E-state index is -0.533. The van der Waals surface area contributed by atoms with E-state index in [1.165, 1.54) is 0 Å². The van der Waals surface area contributed by atoms with Crippen molar-refractivity contribution in [2.45, 2.75) is 36.6 Å². The average molecular weight is 317 g/mol. The van der Waals surface area contributed by atoms with Crippen molar-refractivity contribution < 1.29 is 19.1 Å². The molecule has 0 aromatic heterocycles. The first-order valence-electron chi connectivity index (χ1n) is 7.55. The number of nitrogens with zero attached hydrogens (tertiary/aromatic N) is 1. The van der Waals surface area contributed by atoms with Gasteiger partial charge < -0.3 is 14.8 Å². The Kier molecular flexibility index (Phi) is 4.26. The van der Waals surface area contributed by atoms with E-state index in [2.05, 4.69) is 5.32 Å². The number of fused-ring (bicyclic) bond motifs is 1. The molecule has 0 aromatic carbocycles. The van der Waals surface area contributed by atoms with Crippen LogP contribution in [0.1, 0.15) is 25.7 Å². The van der Waals surface area contributed by atoms with Gasteiger partial charge in [-0.2, -0.15) is 0 Å². The maximum atomic E-state index is 12.3. The lowest BCUT2D eigenvalue weighted by molar-refractivity contribution is -0.127. The summed E-state index contributed by atoms with van der Waals surface area (Å²) in [5.74, 6) is 0.0881. The number of carbonyl (C=O) groups is 2. The highest BCUT2D eigenvalue weighted by Gasteiger charge is 2.49. The largest absolute Gasteiger partial charge is 0.447 e. The normalized spacial score (nSPS) is 36.0. The fourth-order valence-electron chi connectivity index (χ4n) is 3.32. The third-order valence-electron chi connectivity index (χ3n) is 4.71. The Morgan fingerprint density at radius 3 is 2.86 bits per heavy atom. The summed E-state index contributed by atoms with van der Waals surface area (Å²) < 4.78 is 10.6. The molecule has 2 amide bonds. The number of hydrogen-bond donors (Lipinski definition) is 1. The highest BCUT2D eigenvalue weighted by atomic mass is 35.5. The molecule has 118 valence electrons. The van der Waals surface area contributed by atoms with Gasteiger partial charge in [0.25, 0.3) is 0 Å². The van der Waals surface area contributed by atoms with Crippen LogP contribution in [0.15, 0.2) is 0 Å². The van der Waals surface area contributed by atoms with Gasteiger partial charge in [0.2, 0.25) is 5.91 Å². The molecule has 2 saturated heterocycles. The Hall–Kier alpha value is -1.01. The fraction of sp³-hybridized carbons (Fsp3) is 0.857. The number of rotatable bonds is 3. The zero-order chi connectivity index (χ0) is 14.9. The van der Waals surface area contributed by atoms with E-state index in [9.17, 15) is 9.59 Å². The summed E-state index contributed by atoms with van der Waals surface area (Å²) in [4.78, 5) is 25.7. The van der Waals surface area contributed by atoms with E-state index in [0.29, 0.717) is 26.3 Å². The number of morpholine rings is 1. The smallest absolute Gasteiger partial charge is 0.410 e. The molecule has 6 nitrogen and oxygen atoms in total. The molecule has 21 heavy (non-hydrogen) atoms. The van der Waals surface area contributed by atoms with Crippen molar-refractivity contribution in [3.05, 3.63) is 0 Å². The first-order valence-corrected chi connectivity index (χ1v) is 7.98. The Balaban J connectivity index is 1.56. The molecular weight excluding hydrogens is 296 g/mol. The van der Waals surface area contributed by atoms with E-state index in [1.54, 1.807) is 4.90 Å². The molecule has 2 heterocycles. The van der Waals surface area contributed by atoms with E-state index in [0.717, 1.165) is 25.7 Å². The molecule has 0 spiro atoms. The summed E-state index contributed by atoms with van der Waals surface area (Å²) in [5, 5.41) is 3.19. The Morgan fingerprint density at radius 2 is 2.10 bits per heavy atom. The van der Waals surface area contributed by atoms with Gasteiger partial charge in [0, 0.05) is 24.4 Å². The molecule has 1 aliphatic carbocycles. The van der Waals surface area contributed by atoms with Gasteiger partial charge in [0.1, 0.15) is 12.1 Å². The zero-order valence-corrected chi connectivity index (χ0v) is 12.7. The maximum absolute atomic E-state index is 12.3. The summed E-state index contributed by atoms with van der Waals surface area (Å²) in [7, 11) is 0. The number of halogens is 1. The van der Waals surface area contributed by atoms with Crippen LogP contribution in [0.3, 0.4) is 0 Å². The molecule has 0 bridgehead atoms. The van der Waals surface area contributed by atoms with Gasteiger partial charge in [-0.1, -0.05) is 0 Å². The van der Waals surface area contributed by atoms with Gasteiger partial charge in [-0.05, 0) is 25.7 Å². The van der Waals surface area contributed by atoms with Crippen LogP contribution in [0.2, 0.25) is 0 Å². The van der Waals surface area contributed by atoms with Crippen molar-refractivity contribution in [3.8, 4) is 0 Å². The monoisotopic (exact) mass is 316 g/mol. The molecule has 3 aliphatic rings. The molecule has 3 fully saturated rings. The number of nitrogens with one attached hydrogen (secondary N) is 1. The van der Waals surface area contributed by atoms with Crippen LogP contribution in [0.25, 0.3) is 0 Å². The second-order valence-corrected chi connectivity index (χ2v) is 6.77. The van der Waals surface area contributed by atoms with Gasteiger partial charge in [-0.15, -0.1) is 11.6 Å². The molecular formula is C14H21ClN2O4. The van der Waals surface area contributed by atoms with Crippen LogP contribution in [0.4, 0.5) is 4.79 Å². The molecule has 1 N–H and O–H groups in total. The van der Waals surface area contributed by atoms with Crippen LogP contribution in [-0.2, 0) is 14.3 Å². The molecule has 7 heteroatoms. The Bertz CT molecular complexity index is 425. The van der Waals surface area contributed by atoms with Gasteiger partial charge in [0.15, 0.2) is 0 Å². The predicted molar refractivity (Wildman–Crippen MR) is 76.2 cm³/mol. The lowest BCUT2D eigenvalue weighted by Gasteiger charge is -2.39. The summed E-state index contributed by atoms with van der Waals surface area (Å²) in [6.07, 6.45) is 3.14. The van der Waals surface area contributed by atoms with Crippen molar-refractivity contribution in [1.82, 2.24) is 10.2 Å². The van der Waals surface area contributed by atoms with Crippen molar-refractivity contribution >= 4 is 23.6 Å². The van der Waals surface area contributed by atoms with E-state index < -0.39 is 5.54 Å². The topological polar surface area (TPSA) is 67.9 Å². The van der Waals surface area contributed by atoms with Crippen molar-refractivity contribution in [3.63, 3.8) is 0 Å². The molecule has 1 saturated carbocycles. The van der Waals surface area contributed by atoms with Crippen LogP contribution in [0.5, 0.6) is 0 Å². The van der Waals surface area contributed by atoms with Crippen molar-refractivity contribution in [2.75, 3.05) is 32.9 Å². The van der Waals surface area contributed by atoms with Crippen LogP contribution in [0, 0.1) is 5.92 Å². The first kappa shape index (κ1) is 14.9. The minimum Gasteiger partial charge on any atom is -0.447 e. The fourth-order valence-corrected chi connectivity index (χ4v) is 3.57. The Labute approximate surface area is 129 Å². The number of alkyl halides is 1. The van der Waals surface area contributed by atoms with Crippen molar-refractivity contribution in [2.24, 2.45) is 5.92 Å². The lowest BCUT2D eigenvalue weighted by atomic mass is 9.88. The molecule has 1 atom stereocenters. The summed E-state index contributed by atoms with van der Waals surface area (Å²) >= 11 is 6.06. The van der Waals surface area contributed by atoms with Crippen LogP contribution in [-0.4, -0.2) is 60.7 Å². The second kappa shape index (κ2) is 6.01. The standard InChI is InChI=1S/C14H21ClN2O4/c15-11-3-1-10(2-4-11)12(18)16-7-14-8-20-6-5-17(14)13(19)21-9-14/h10-11H,1-9H2,(H,16,18). The number of carbonyl (C=O) groups excluding carboxylic acids is 2. The first-order chi connectivity index (χ1) is 10.1.